The molecule has 0 atom stereocenters. The predicted molar refractivity (Wildman–Crippen MR) is 122 cm³/mol. The monoisotopic (exact) mass is 416 g/mol. The van der Waals surface area contributed by atoms with E-state index in [1.807, 2.05) is 84.6 Å². The number of nitrogens with one attached hydrogen (secondary N) is 2. The summed E-state index contributed by atoms with van der Waals surface area (Å²) in [5.41, 5.74) is 4.22. The molecule has 152 valence electrons. The maximum absolute atomic E-state index is 13.0. The smallest absolute Gasteiger partial charge is 0.327 e. The van der Waals surface area contributed by atoms with Crippen molar-refractivity contribution in [3.8, 4) is 0 Å². The Labute approximate surface area is 180 Å². The normalized spacial score (nSPS) is 10.8. The van der Waals surface area contributed by atoms with Gasteiger partial charge in [0.05, 0.1) is 11.0 Å². The maximum Gasteiger partial charge on any atom is 0.327 e. The zero-order valence-corrected chi connectivity index (χ0v) is 17.7. The zero-order chi connectivity index (χ0) is 20.8. The number of aryl methyl sites for hydroxylation is 1. The van der Waals surface area contributed by atoms with Crippen molar-refractivity contribution in [1.29, 1.82) is 0 Å². The third-order valence-electron chi connectivity index (χ3n) is 4.81. The molecule has 0 saturated heterocycles. The number of hydrogen-bond acceptors (Lipinski definition) is 3. The lowest BCUT2D eigenvalue weighted by atomic mass is 10.2. The van der Waals surface area contributed by atoms with Crippen LogP contribution in [0.1, 0.15) is 17.0 Å². The SMILES string of the molecule is Cc1cccc(SNC(=O)N(CCc2nc3ccccc3[nH]2)Cc2ccccc2)c1. The van der Waals surface area contributed by atoms with E-state index in [0.29, 0.717) is 19.5 Å². The molecule has 1 aromatic heterocycles. The highest BCUT2D eigenvalue weighted by Gasteiger charge is 2.15. The van der Waals surface area contributed by atoms with Crippen molar-refractivity contribution in [2.24, 2.45) is 0 Å². The number of nitrogens with zero attached hydrogens (tertiary/aromatic N) is 2. The van der Waals surface area contributed by atoms with Gasteiger partial charge in [0.15, 0.2) is 0 Å². The summed E-state index contributed by atoms with van der Waals surface area (Å²) in [7, 11) is 0. The van der Waals surface area contributed by atoms with Crippen LogP contribution in [-0.4, -0.2) is 27.4 Å². The van der Waals surface area contributed by atoms with Gasteiger partial charge in [-0.15, -0.1) is 0 Å². The molecule has 3 aromatic carbocycles. The second-order valence-corrected chi connectivity index (χ2v) is 8.06. The van der Waals surface area contributed by atoms with Crippen molar-refractivity contribution >= 4 is 29.0 Å². The van der Waals surface area contributed by atoms with Crippen LogP contribution in [0.15, 0.2) is 83.8 Å². The van der Waals surface area contributed by atoms with Crippen molar-refractivity contribution < 1.29 is 4.79 Å². The van der Waals surface area contributed by atoms with Crippen LogP contribution in [0.25, 0.3) is 11.0 Å². The number of amides is 2. The van der Waals surface area contributed by atoms with Crippen LogP contribution < -0.4 is 4.72 Å². The van der Waals surface area contributed by atoms with Crippen LogP contribution in [0.2, 0.25) is 0 Å². The van der Waals surface area contributed by atoms with Gasteiger partial charge in [0, 0.05) is 24.4 Å². The number of para-hydroxylation sites is 2. The Hall–Kier alpha value is -3.25. The molecule has 0 aliphatic carbocycles. The standard InChI is InChI=1S/C24H24N4OS/c1-18-8-7-11-20(16-18)30-27-24(29)28(17-19-9-3-2-4-10-19)15-14-23-25-21-12-5-6-13-22(21)26-23/h2-13,16H,14-15,17H2,1H3,(H,25,26)(H,27,29). The molecule has 5 nitrogen and oxygen atoms in total. The highest BCUT2D eigenvalue weighted by Crippen LogP contribution is 2.17. The molecule has 1 heterocycles. The number of carbonyl (C=O) groups is 1. The maximum atomic E-state index is 13.0. The van der Waals surface area contributed by atoms with E-state index in [0.717, 1.165) is 27.3 Å². The predicted octanol–water partition coefficient (Wildman–Crippen LogP) is 5.33. The Morgan fingerprint density at radius 3 is 2.63 bits per heavy atom. The summed E-state index contributed by atoms with van der Waals surface area (Å²) in [6, 6.07) is 26.0. The average Bonchev–Trinajstić information content (AvgIpc) is 3.19. The van der Waals surface area contributed by atoms with E-state index in [9.17, 15) is 4.79 Å². The van der Waals surface area contributed by atoms with Gasteiger partial charge in [-0.1, -0.05) is 54.6 Å². The first-order chi connectivity index (χ1) is 14.7. The van der Waals surface area contributed by atoms with Crippen molar-refractivity contribution in [3.05, 3.63) is 95.8 Å². The van der Waals surface area contributed by atoms with Crippen LogP contribution in [0.4, 0.5) is 4.79 Å². The van der Waals surface area contributed by atoms with Crippen LogP contribution in [0.5, 0.6) is 0 Å². The number of carbonyl (C=O) groups excluding carboxylic acids is 1. The van der Waals surface area contributed by atoms with E-state index in [1.54, 1.807) is 0 Å². The summed E-state index contributed by atoms with van der Waals surface area (Å²) >= 11 is 1.34. The summed E-state index contributed by atoms with van der Waals surface area (Å²) in [6.07, 6.45) is 0.657. The molecular weight excluding hydrogens is 392 g/mol. The third-order valence-corrected chi connectivity index (χ3v) is 5.57. The van der Waals surface area contributed by atoms with E-state index < -0.39 is 0 Å². The minimum absolute atomic E-state index is 0.110. The third kappa shape index (κ3) is 5.21. The molecule has 2 N–H and O–H groups in total. The van der Waals surface area contributed by atoms with Gasteiger partial charge in [0.2, 0.25) is 0 Å². The van der Waals surface area contributed by atoms with Crippen LogP contribution in [-0.2, 0) is 13.0 Å². The van der Waals surface area contributed by atoms with Gasteiger partial charge < -0.3 is 9.88 Å². The molecule has 4 aromatic rings. The summed E-state index contributed by atoms with van der Waals surface area (Å²) in [5, 5.41) is 0. The molecule has 0 fully saturated rings. The van der Waals surface area contributed by atoms with Gasteiger partial charge >= 0.3 is 6.03 Å². The number of benzene rings is 3. The van der Waals surface area contributed by atoms with Crippen LogP contribution in [0, 0.1) is 6.92 Å². The van der Waals surface area contributed by atoms with Crippen molar-refractivity contribution in [1.82, 2.24) is 19.6 Å². The van der Waals surface area contributed by atoms with E-state index in [2.05, 4.69) is 20.8 Å². The molecule has 6 heteroatoms. The number of imidazole rings is 1. The lowest BCUT2D eigenvalue weighted by Gasteiger charge is -2.22. The van der Waals surface area contributed by atoms with Gasteiger partial charge in [-0.3, -0.25) is 4.72 Å². The fourth-order valence-corrected chi connectivity index (χ4v) is 3.99. The number of rotatable bonds is 7. The summed E-state index contributed by atoms with van der Waals surface area (Å²) in [6.45, 7) is 3.15. The summed E-state index contributed by atoms with van der Waals surface area (Å²) in [5.74, 6) is 0.883. The first-order valence-corrected chi connectivity index (χ1v) is 10.7. The van der Waals surface area contributed by atoms with Crippen LogP contribution >= 0.6 is 11.9 Å². The second kappa shape index (κ2) is 9.50. The molecule has 0 radical (unpaired) electrons. The summed E-state index contributed by atoms with van der Waals surface area (Å²) < 4.78 is 2.98. The van der Waals surface area contributed by atoms with Gasteiger partial charge in [0.1, 0.15) is 5.82 Å². The lowest BCUT2D eigenvalue weighted by Crippen LogP contribution is -2.38. The molecule has 2 amide bonds. The Morgan fingerprint density at radius 1 is 1.03 bits per heavy atom. The number of fused-ring (bicyclic) bond motifs is 1. The van der Waals surface area contributed by atoms with Gasteiger partial charge in [-0.2, -0.15) is 0 Å². The zero-order valence-electron chi connectivity index (χ0n) is 16.8. The highest BCUT2D eigenvalue weighted by atomic mass is 32.2. The topological polar surface area (TPSA) is 61.0 Å². The first-order valence-electron chi connectivity index (χ1n) is 9.93. The minimum Gasteiger partial charge on any atom is -0.342 e. The number of urea groups is 1. The van der Waals surface area contributed by atoms with Crippen molar-refractivity contribution in [2.75, 3.05) is 6.54 Å². The summed E-state index contributed by atoms with van der Waals surface area (Å²) in [4.78, 5) is 23.8. The quantitative estimate of drug-likeness (QED) is 0.400. The van der Waals surface area contributed by atoms with Gasteiger partial charge in [-0.25, -0.2) is 9.78 Å². The molecule has 0 aliphatic rings. The van der Waals surface area contributed by atoms with E-state index >= 15 is 0 Å². The molecule has 0 bridgehead atoms. The Bertz CT molecular complexity index is 1090. The van der Waals surface area contributed by atoms with Crippen LogP contribution in [0.3, 0.4) is 0 Å². The van der Waals surface area contributed by atoms with Gasteiger partial charge in [-0.05, 0) is 54.3 Å². The van der Waals surface area contributed by atoms with E-state index in [4.69, 9.17) is 0 Å². The average molecular weight is 417 g/mol. The number of hydrogen-bond donors (Lipinski definition) is 2. The van der Waals surface area contributed by atoms with E-state index in [-0.39, 0.29) is 6.03 Å². The fraction of sp³-hybridized carbons (Fsp3) is 0.167. The Kier molecular flexibility index (Phi) is 6.35. The minimum atomic E-state index is -0.110. The lowest BCUT2D eigenvalue weighted by molar-refractivity contribution is 0.202. The largest absolute Gasteiger partial charge is 0.342 e. The molecule has 4 rings (SSSR count). The molecule has 0 saturated carbocycles. The second-order valence-electron chi connectivity index (χ2n) is 7.18. The highest BCUT2D eigenvalue weighted by molar-refractivity contribution is 7.98. The van der Waals surface area contributed by atoms with E-state index in [1.165, 1.54) is 17.5 Å². The molecule has 0 aliphatic heterocycles. The number of H-pyrrole nitrogens is 1. The molecule has 30 heavy (non-hydrogen) atoms. The molecule has 0 unspecified atom stereocenters. The Balaban J connectivity index is 1.44. The first kappa shape index (κ1) is 20.0. The number of aromatic amines is 1. The van der Waals surface area contributed by atoms with Crippen molar-refractivity contribution in [2.45, 2.75) is 24.8 Å². The fourth-order valence-electron chi connectivity index (χ4n) is 3.27. The molecule has 0 spiro atoms. The number of aromatic nitrogens is 2. The van der Waals surface area contributed by atoms with Crippen molar-refractivity contribution in [3.63, 3.8) is 0 Å². The molecular formula is C24H24N4OS. The van der Waals surface area contributed by atoms with Gasteiger partial charge in [0.25, 0.3) is 0 Å². The Morgan fingerprint density at radius 2 is 1.83 bits per heavy atom.